The Bertz CT molecular complexity index is 1390. The average Bonchev–Trinajstić information content (AvgIpc) is 3.09. The lowest BCUT2D eigenvalue weighted by Gasteiger charge is -2.24. The van der Waals surface area contributed by atoms with E-state index in [9.17, 15) is 9.59 Å². The van der Waals surface area contributed by atoms with Crippen LogP contribution in [0.5, 0.6) is 5.75 Å². The highest BCUT2D eigenvalue weighted by molar-refractivity contribution is 7.07. The van der Waals surface area contributed by atoms with Crippen LogP contribution >= 0.6 is 22.9 Å². The Morgan fingerprint density at radius 1 is 1.22 bits per heavy atom. The molecule has 3 aromatic rings. The summed E-state index contributed by atoms with van der Waals surface area (Å²) in [5.74, 6) is 0.170. The molecule has 0 N–H and O–H groups in total. The van der Waals surface area contributed by atoms with Crippen molar-refractivity contribution >= 4 is 35.0 Å². The molecule has 164 valence electrons. The molecule has 0 amide bonds. The zero-order chi connectivity index (χ0) is 22.8. The molecule has 0 fully saturated rings. The van der Waals surface area contributed by atoms with E-state index in [0.717, 1.165) is 11.1 Å². The first-order chi connectivity index (χ1) is 15.4. The number of carbonyl (C=O) groups excluding carboxylic acids is 1. The number of para-hydroxylation sites is 1. The smallest absolute Gasteiger partial charge is 0.338 e. The summed E-state index contributed by atoms with van der Waals surface area (Å²) in [7, 11) is 1.32. The van der Waals surface area contributed by atoms with Gasteiger partial charge in [-0.2, -0.15) is 0 Å². The van der Waals surface area contributed by atoms with E-state index in [2.05, 4.69) is 4.99 Å². The summed E-state index contributed by atoms with van der Waals surface area (Å²) in [4.78, 5) is 31.3. The van der Waals surface area contributed by atoms with Crippen LogP contribution in [0.25, 0.3) is 6.08 Å². The zero-order valence-electron chi connectivity index (χ0n) is 17.8. The lowest BCUT2D eigenvalue weighted by molar-refractivity contribution is -0.136. The maximum atomic E-state index is 13.5. The van der Waals surface area contributed by atoms with E-state index < -0.39 is 12.0 Å². The number of esters is 1. The third-order valence-electron chi connectivity index (χ3n) is 5.12. The fourth-order valence-electron chi connectivity index (χ4n) is 3.68. The molecule has 1 atom stereocenters. The van der Waals surface area contributed by atoms with E-state index in [1.54, 1.807) is 41.8 Å². The van der Waals surface area contributed by atoms with Crippen molar-refractivity contribution < 1.29 is 14.3 Å². The van der Waals surface area contributed by atoms with Crippen molar-refractivity contribution in [1.82, 2.24) is 4.57 Å². The van der Waals surface area contributed by atoms with Crippen molar-refractivity contribution in [3.05, 3.63) is 95.6 Å². The van der Waals surface area contributed by atoms with Crippen molar-refractivity contribution in [3.63, 3.8) is 0 Å². The van der Waals surface area contributed by atoms with Gasteiger partial charge in [0.05, 0.1) is 35.6 Å². The Hall–Kier alpha value is -3.16. The third kappa shape index (κ3) is 4.01. The number of allylic oxidation sites excluding steroid dienone is 1. The number of fused-ring (bicyclic) bond motifs is 1. The Morgan fingerprint density at radius 2 is 1.94 bits per heavy atom. The first-order valence-electron chi connectivity index (χ1n) is 10.0. The molecule has 1 aliphatic rings. The van der Waals surface area contributed by atoms with Gasteiger partial charge in [-0.05, 0) is 43.7 Å². The summed E-state index contributed by atoms with van der Waals surface area (Å²) < 4.78 is 12.7. The van der Waals surface area contributed by atoms with E-state index in [1.807, 2.05) is 31.2 Å². The molecule has 4 rings (SSSR count). The maximum Gasteiger partial charge on any atom is 0.338 e. The van der Waals surface area contributed by atoms with Gasteiger partial charge in [0.1, 0.15) is 5.75 Å². The molecule has 1 aromatic heterocycles. The first kappa shape index (κ1) is 22.0. The van der Waals surface area contributed by atoms with Gasteiger partial charge in [-0.15, -0.1) is 0 Å². The minimum absolute atomic E-state index is 0.242. The Balaban J connectivity index is 1.96. The summed E-state index contributed by atoms with van der Waals surface area (Å²) in [5.41, 5.74) is 2.13. The van der Waals surface area contributed by atoms with Gasteiger partial charge in [0.25, 0.3) is 5.56 Å². The number of aromatic nitrogens is 1. The first-order valence-corrected chi connectivity index (χ1v) is 11.2. The van der Waals surface area contributed by atoms with Gasteiger partial charge < -0.3 is 9.47 Å². The van der Waals surface area contributed by atoms with Crippen molar-refractivity contribution in [3.8, 4) is 5.75 Å². The number of methoxy groups -OCH3 is 1. The molecule has 32 heavy (non-hydrogen) atoms. The van der Waals surface area contributed by atoms with Crippen molar-refractivity contribution in [2.24, 2.45) is 4.99 Å². The van der Waals surface area contributed by atoms with Gasteiger partial charge in [0.15, 0.2) is 4.80 Å². The van der Waals surface area contributed by atoms with E-state index in [4.69, 9.17) is 21.1 Å². The molecule has 0 saturated carbocycles. The van der Waals surface area contributed by atoms with Crippen LogP contribution in [0.4, 0.5) is 0 Å². The lowest BCUT2D eigenvalue weighted by Crippen LogP contribution is -2.39. The molecule has 0 radical (unpaired) electrons. The van der Waals surface area contributed by atoms with Crippen LogP contribution in [0.15, 0.2) is 69.6 Å². The van der Waals surface area contributed by atoms with Crippen LogP contribution in [0, 0.1) is 0 Å². The van der Waals surface area contributed by atoms with Gasteiger partial charge in [0, 0.05) is 10.6 Å². The minimum Gasteiger partial charge on any atom is -0.493 e. The Morgan fingerprint density at radius 3 is 2.62 bits per heavy atom. The van der Waals surface area contributed by atoms with Crippen LogP contribution in [0.1, 0.15) is 31.0 Å². The average molecular weight is 469 g/mol. The number of nitrogens with zero attached hydrogens (tertiary/aromatic N) is 2. The van der Waals surface area contributed by atoms with Gasteiger partial charge in [0.2, 0.25) is 0 Å². The molecule has 2 heterocycles. The van der Waals surface area contributed by atoms with E-state index in [1.165, 1.54) is 18.4 Å². The molecule has 0 aliphatic carbocycles. The molecule has 8 heteroatoms. The highest BCUT2D eigenvalue weighted by Crippen LogP contribution is 2.31. The van der Waals surface area contributed by atoms with E-state index >= 15 is 0 Å². The lowest BCUT2D eigenvalue weighted by atomic mass is 9.96. The second-order valence-corrected chi connectivity index (χ2v) is 8.54. The second-order valence-electron chi connectivity index (χ2n) is 7.10. The monoisotopic (exact) mass is 468 g/mol. The molecule has 0 spiro atoms. The maximum absolute atomic E-state index is 13.5. The molecular formula is C24H21ClN2O4S. The van der Waals surface area contributed by atoms with E-state index in [-0.39, 0.29) is 5.56 Å². The normalized spacial score (nSPS) is 15.9. The van der Waals surface area contributed by atoms with Crippen LogP contribution < -0.4 is 19.6 Å². The summed E-state index contributed by atoms with van der Waals surface area (Å²) in [6.45, 7) is 4.18. The fourth-order valence-corrected chi connectivity index (χ4v) is 4.84. The predicted molar refractivity (Wildman–Crippen MR) is 125 cm³/mol. The third-order valence-corrected chi connectivity index (χ3v) is 6.35. The number of hydrogen-bond donors (Lipinski definition) is 0. The topological polar surface area (TPSA) is 69.9 Å². The standard InChI is InChI=1S/C24H21ClN2O4S/c1-4-31-18-8-6-5-7-16(18)13-19-22(28)27-21(15-9-11-17(25)12-10-15)20(23(29)30-3)14(2)26-24(27)32-19/h5-13,21H,4H2,1-3H3/b19-13+. The van der Waals surface area contributed by atoms with Crippen LogP contribution in [-0.2, 0) is 9.53 Å². The van der Waals surface area contributed by atoms with Gasteiger partial charge >= 0.3 is 5.97 Å². The van der Waals surface area contributed by atoms with E-state index in [0.29, 0.717) is 38.0 Å². The number of thiazole rings is 1. The predicted octanol–water partition coefficient (Wildman–Crippen LogP) is 3.46. The molecule has 1 unspecified atom stereocenters. The number of ether oxygens (including phenoxy) is 2. The SMILES string of the molecule is CCOc1ccccc1/C=c1/sc2n(c1=O)C(c1ccc(Cl)cc1)C(C(=O)OC)=C(C)N=2. The Kier molecular flexibility index (Phi) is 6.30. The minimum atomic E-state index is -0.666. The molecule has 0 saturated heterocycles. The summed E-state index contributed by atoms with van der Waals surface area (Å²) in [6.07, 6.45) is 1.80. The molecular weight excluding hydrogens is 448 g/mol. The quantitative estimate of drug-likeness (QED) is 0.538. The number of benzene rings is 2. The highest BCUT2D eigenvalue weighted by Gasteiger charge is 2.33. The zero-order valence-corrected chi connectivity index (χ0v) is 19.4. The molecule has 2 aromatic carbocycles. The highest BCUT2D eigenvalue weighted by atomic mass is 35.5. The number of rotatable bonds is 5. The van der Waals surface area contributed by atoms with Gasteiger partial charge in [-0.25, -0.2) is 9.79 Å². The Labute approximate surface area is 193 Å². The van der Waals surface area contributed by atoms with Gasteiger partial charge in [-0.3, -0.25) is 9.36 Å². The van der Waals surface area contributed by atoms with Crippen LogP contribution in [0.2, 0.25) is 5.02 Å². The van der Waals surface area contributed by atoms with Crippen LogP contribution in [-0.4, -0.2) is 24.3 Å². The summed E-state index contributed by atoms with van der Waals surface area (Å²) >= 11 is 7.34. The molecule has 1 aliphatic heterocycles. The van der Waals surface area contributed by atoms with Crippen molar-refractivity contribution in [2.45, 2.75) is 19.9 Å². The summed E-state index contributed by atoms with van der Waals surface area (Å²) in [5, 5.41) is 0.564. The number of carbonyl (C=O) groups is 1. The van der Waals surface area contributed by atoms with Crippen molar-refractivity contribution in [2.75, 3.05) is 13.7 Å². The van der Waals surface area contributed by atoms with Crippen LogP contribution in [0.3, 0.4) is 0 Å². The number of halogens is 1. The number of hydrogen-bond acceptors (Lipinski definition) is 6. The van der Waals surface area contributed by atoms with Crippen molar-refractivity contribution in [1.29, 1.82) is 0 Å². The fraction of sp³-hybridized carbons (Fsp3) is 0.208. The molecule has 6 nitrogen and oxygen atoms in total. The summed E-state index contributed by atoms with van der Waals surface area (Å²) in [6, 6.07) is 13.9. The van der Waals surface area contributed by atoms with Gasteiger partial charge in [-0.1, -0.05) is 53.3 Å². The molecule has 0 bridgehead atoms. The largest absolute Gasteiger partial charge is 0.493 e. The second kappa shape index (κ2) is 9.14.